The van der Waals surface area contributed by atoms with Gasteiger partial charge in [0.1, 0.15) is 0 Å². The van der Waals surface area contributed by atoms with Crippen LogP contribution in [-0.2, 0) is 7.05 Å². The average Bonchev–Trinajstić information content (AvgIpc) is 3.02. The number of ketones is 1. The van der Waals surface area contributed by atoms with Crippen molar-refractivity contribution in [3.8, 4) is 0 Å². The molecule has 0 spiro atoms. The number of hydrogen-bond acceptors (Lipinski definition) is 5. The zero-order valence-corrected chi connectivity index (χ0v) is 16.0. The van der Waals surface area contributed by atoms with Crippen LogP contribution in [0.15, 0.2) is 60.8 Å². The van der Waals surface area contributed by atoms with E-state index in [1.165, 1.54) is 6.20 Å². The number of nitrogens with two attached hydrogens (primary N) is 1. The van der Waals surface area contributed by atoms with Gasteiger partial charge >= 0.3 is 0 Å². The lowest BCUT2D eigenvalue weighted by Gasteiger charge is -2.13. The summed E-state index contributed by atoms with van der Waals surface area (Å²) >= 11 is 0. The Kier molecular flexibility index (Phi) is 4.56. The van der Waals surface area contributed by atoms with Crippen LogP contribution in [0.25, 0.3) is 11.0 Å². The molecule has 144 valence electrons. The van der Waals surface area contributed by atoms with Gasteiger partial charge in [0, 0.05) is 30.1 Å². The number of amides is 1. The second-order valence-corrected chi connectivity index (χ2v) is 6.72. The van der Waals surface area contributed by atoms with E-state index in [9.17, 15) is 9.59 Å². The minimum atomic E-state index is -0.596. The summed E-state index contributed by atoms with van der Waals surface area (Å²) in [5, 5.41) is 8.35. The maximum Gasteiger partial charge on any atom is 0.252 e. The van der Waals surface area contributed by atoms with Gasteiger partial charge in [-0.25, -0.2) is 4.98 Å². The van der Waals surface area contributed by atoms with Crippen LogP contribution in [0.3, 0.4) is 0 Å². The van der Waals surface area contributed by atoms with Gasteiger partial charge in [0.2, 0.25) is 0 Å². The number of primary amides is 1. The summed E-state index contributed by atoms with van der Waals surface area (Å²) in [6.07, 6.45) is 1.44. The van der Waals surface area contributed by atoms with E-state index in [0.29, 0.717) is 33.5 Å². The van der Waals surface area contributed by atoms with Crippen molar-refractivity contribution in [2.45, 2.75) is 6.92 Å². The lowest BCUT2D eigenvalue weighted by atomic mass is 10.0. The van der Waals surface area contributed by atoms with Crippen LogP contribution in [0, 0.1) is 6.92 Å². The number of nitrogens with one attached hydrogen (secondary N) is 1. The molecule has 0 saturated carbocycles. The summed E-state index contributed by atoms with van der Waals surface area (Å²) in [5.74, 6) is -0.677. The topological polar surface area (TPSA) is 103 Å². The van der Waals surface area contributed by atoms with Crippen molar-refractivity contribution in [1.29, 1.82) is 0 Å². The number of rotatable bonds is 5. The number of pyridine rings is 1. The molecule has 0 unspecified atom stereocenters. The monoisotopic (exact) mass is 385 g/mol. The van der Waals surface area contributed by atoms with Crippen LogP contribution >= 0.6 is 0 Å². The van der Waals surface area contributed by atoms with Crippen LogP contribution in [0.4, 0.5) is 11.4 Å². The molecule has 1 amide bonds. The number of nitrogens with zero attached hydrogens (tertiary/aromatic N) is 3. The lowest BCUT2D eigenvalue weighted by molar-refractivity contribution is 0.0999. The zero-order chi connectivity index (χ0) is 20.5. The molecule has 0 bridgehead atoms. The molecule has 0 aliphatic heterocycles. The summed E-state index contributed by atoms with van der Waals surface area (Å²) < 4.78 is 1.65. The van der Waals surface area contributed by atoms with E-state index >= 15 is 0 Å². The molecule has 2 aromatic carbocycles. The standard InChI is InChI=1S/C22H19N5O2/c1-13-18-19(17(21(23)29)12-24-22(18)27(2)26-13)25-16-10-6-9-15(11-16)20(28)14-7-4-3-5-8-14/h3-12H,1-2H3,(H2,23,29)(H,24,25). The van der Waals surface area contributed by atoms with Gasteiger partial charge in [0.05, 0.1) is 22.3 Å². The van der Waals surface area contributed by atoms with E-state index in [2.05, 4.69) is 15.4 Å². The summed E-state index contributed by atoms with van der Waals surface area (Å²) in [5.41, 5.74) is 9.51. The Labute approximate surface area is 167 Å². The van der Waals surface area contributed by atoms with Crippen molar-refractivity contribution in [3.05, 3.63) is 83.2 Å². The second kappa shape index (κ2) is 7.20. The van der Waals surface area contributed by atoms with Crippen LogP contribution in [0.2, 0.25) is 0 Å². The van der Waals surface area contributed by atoms with E-state index in [0.717, 1.165) is 5.69 Å². The molecule has 0 fully saturated rings. The highest BCUT2D eigenvalue weighted by Gasteiger charge is 2.19. The van der Waals surface area contributed by atoms with Gasteiger partial charge in [-0.1, -0.05) is 42.5 Å². The Morgan fingerprint density at radius 1 is 1.03 bits per heavy atom. The number of anilines is 2. The van der Waals surface area contributed by atoms with Crippen molar-refractivity contribution in [3.63, 3.8) is 0 Å². The Bertz CT molecular complexity index is 1250. The maximum absolute atomic E-state index is 12.8. The fourth-order valence-corrected chi connectivity index (χ4v) is 3.37. The highest BCUT2D eigenvalue weighted by molar-refractivity contribution is 6.10. The van der Waals surface area contributed by atoms with Crippen LogP contribution in [0.5, 0.6) is 0 Å². The molecule has 0 radical (unpaired) electrons. The van der Waals surface area contributed by atoms with Crippen molar-refractivity contribution in [2.75, 3.05) is 5.32 Å². The zero-order valence-electron chi connectivity index (χ0n) is 16.0. The molecular formula is C22H19N5O2. The molecule has 29 heavy (non-hydrogen) atoms. The van der Waals surface area contributed by atoms with Gasteiger partial charge in [-0.15, -0.1) is 0 Å². The molecule has 7 heteroatoms. The van der Waals surface area contributed by atoms with E-state index in [1.807, 2.05) is 31.2 Å². The normalized spacial score (nSPS) is 10.8. The SMILES string of the molecule is Cc1nn(C)c2ncc(C(N)=O)c(Nc3cccc(C(=O)c4ccccc4)c3)c12. The number of hydrogen-bond donors (Lipinski definition) is 2. The Morgan fingerprint density at radius 3 is 2.48 bits per heavy atom. The average molecular weight is 385 g/mol. The van der Waals surface area contributed by atoms with Gasteiger partial charge in [-0.05, 0) is 19.1 Å². The molecule has 7 nitrogen and oxygen atoms in total. The number of aromatic nitrogens is 3. The molecule has 0 aliphatic carbocycles. The molecule has 4 rings (SSSR count). The van der Waals surface area contributed by atoms with Crippen LogP contribution < -0.4 is 11.1 Å². The first kappa shape index (κ1) is 18.4. The number of carbonyl (C=O) groups excluding carboxylic acids is 2. The maximum atomic E-state index is 12.8. The van der Waals surface area contributed by atoms with Crippen LogP contribution in [-0.4, -0.2) is 26.5 Å². The minimum Gasteiger partial charge on any atom is -0.365 e. The third kappa shape index (κ3) is 3.34. The third-order valence-corrected chi connectivity index (χ3v) is 4.72. The molecular weight excluding hydrogens is 366 g/mol. The number of aryl methyl sites for hydroxylation is 2. The lowest BCUT2D eigenvalue weighted by Crippen LogP contribution is -2.14. The van der Waals surface area contributed by atoms with Crippen molar-refractivity contribution >= 4 is 34.1 Å². The highest BCUT2D eigenvalue weighted by atomic mass is 16.1. The fourth-order valence-electron chi connectivity index (χ4n) is 3.37. The quantitative estimate of drug-likeness (QED) is 0.513. The number of fused-ring (bicyclic) bond motifs is 1. The highest BCUT2D eigenvalue weighted by Crippen LogP contribution is 2.31. The first-order valence-corrected chi connectivity index (χ1v) is 9.04. The van der Waals surface area contributed by atoms with Gasteiger partial charge < -0.3 is 11.1 Å². The summed E-state index contributed by atoms with van der Waals surface area (Å²) in [6, 6.07) is 16.2. The first-order valence-electron chi connectivity index (χ1n) is 9.04. The number of carbonyl (C=O) groups is 2. The van der Waals surface area contributed by atoms with Crippen molar-refractivity contribution in [2.24, 2.45) is 12.8 Å². The molecule has 2 aromatic heterocycles. The van der Waals surface area contributed by atoms with Gasteiger partial charge in [0.15, 0.2) is 11.4 Å². The predicted molar refractivity (Wildman–Crippen MR) is 111 cm³/mol. The van der Waals surface area contributed by atoms with Gasteiger partial charge in [-0.3, -0.25) is 14.3 Å². The van der Waals surface area contributed by atoms with Gasteiger partial charge in [0.25, 0.3) is 5.91 Å². The summed E-state index contributed by atoms with van der Waals surface area (Å²) in [7, 11) is 1.79. The first-order chi connectivity index (χ1) is 14.0. The van der Waals surface area contributed by atoms with E-state index in [1.54, 1.807) is 42.1 Å². The molecule has 4 aromatic rings. The Morgan fingerprint density at radius 2 is 1.76 bits per heavy atom. The molecule has 0 saturated heterocycles. The Balaban J connectivity index is 1.79. The van der Waals surface area contributed by atoms with E-state index < -0.39 is 5.91 Å². The number of benzene rings is 2. The predicted octanol–water partition coefficient (Wildman–Crippen LogP) is 3.35. The third-order valence-electron chi connectivity index (χ3n) is 4.72. The van der Waals surface area contributed by atoms with Gasteiger partial charge in [-0.2, -0.15) is 5.10 Å². The summed E-state index contributed by atoms with van der Waals surface area (Å²) in [4.78, 5) is 29.1. The van der Waals surface area contributed by atoms with Crippen molar-refractivity contribution < 1.29 is 9.59 Å². The van der Waals surface area contributed by atoms with Crippen molar-refractivity contribution in [1.82, 2.24) is 14.8 Å². The largest absolute Gasteiger partial charge is 0.365 e. The Hall–Kier alpha value is -4.00. The molecule has 2 heterocycles. The smallest absolute Gasteiger partial charge is 0.252 e. The minimum absolute atomic E-state index is 0.0817. The molecule has 3 N–H and O–H groups in total. The van der Waals surface area contributed by atoms with E-state index in [-0.39, 0.29) is 11.3 Å². The van der Waals surface area contributed by atoms with E-state index in [4.69, 9.17) is 5.73 Å². The summed E-state index contributed by atoms with van der Waals surface area (Å²) in [6.45, 7) is 1.84. The second-order valence-electron chi connectivity index (χ2n) is 6.72. The fraction of sp³-hybridized carbons (Fsp3) is 0.0909. The molecule has 0 aliphatic rings. The van der Waals surface area contributed by atoms with Crippen LogP contribution in [0.1, 0.15) is 32.0 Å². The molecule has 0 atom stereocenters.